The van der Waals surface area contributed by atoms with Crippen molar-refractivity contribution in [2.75, 3.05) is 6.54 Å². The highest BCUT2D eigenvalue weighted by Crippen LogP contribution is 2.39. The molecule has 1 aromatic rings. The molecule has 21 heavy (non-hydrogen) atoms. The van der Waals surface area contributed by atoms with Crippen molar-refractivity contribution in [2.45, 2.75) is 57.3 Å². The summed E-state index contributed by atoms with van der Waals surface area (Å²) in [5.41, 5.74) is 0.888. The van der Waals surface area contributed by atoms with E-state index in [0.29, 0.717) is 18.2 Å². The quantitative estimate of drug-likeness (QED) is 0.647. The van der Waals surface area contributed by atoms with Crippen LogP contribution >= 0.6 is 0 Å². The molecule has 1 amide bonds. The molecule has 0 atom stereocenters. The molecule has 6 nitrogen and oxygen atoms in total. The molecule has 2 rings (SSSR count). The van der Waals surface area contributed by atoms with Crippen molar-refractivity contribution in [3.63, 3.8) is 0 Å². The summed E-state index contributed by atoms with van der Waals surface area (Å²) >= 11 is 0. The number of carbonyl (C=O) groups excluding carboxylic acids is 1. The van der Waals surface area contributed by atoms with Gasteiger partial charge < -0.3 is 14.9 Å². The molecule has 1 heterocycles. The molecular formula is C15H22N2O4. The number of aromatic nitrogens is 1. The predicted octanol–water partition coefficient (Wildman–Crippen LogP) is 2.71. The zero-order valence-electron chi connectivity index (χ0n) is 12.1. The average Bonchev–Trinajstić information content (AvgIpc) is 3.18. The first-order valence-corrected chi connectivity index (χ1v) is 7.63. The second kappa shape index (κ2) is 7.81. The van der Waals surface area contributed by atoms with Crippen molar-refractivity contribution in [1.82, 2.24) is 10.5 Å². The summed E-state index contributed by atoms with van der Waals surface area (Å²) in [6.07, 6.45) is 7.04. The van der Waals surface area contributed by atoms with Crippen LogP contribution in [0.3, 0.4) is 0 Å². The second-order valence-corrected chi connectivity index (χ2v) is 5.56. The number of rotatable bonds is 10. The monoisotopic (exact) mass is 294 g/mol. The maximum atomic E-state index is 11.8. The van der Waals surface area contributed by atoms with E-state index in [1.165, 1.54) is 0 Å². The summed E-state index contributed by atoms with van der Waals surface area (Å²) in [6.45, 7) is 0.608. The number of carbonyl (C=O) groups is 2. The van der Waals surface area contributed by atoms with E-state index in [0.717, 1.165) is 50.6 Å². The van der Waals surface area contributed by atoms with Crippen molar-refractivity contribution in [3.05, 3.63) is 17.5 Å². The standard InChI is InChI=1S/C15H22N2O4/c18-14(19)6-4-2-1-3-5-9-16-15(20)13-10-12(17-21-13)11-7-8-11/h10-11H,1-9H2,(H,16,20)(H,18,19). The summed E-state index contributed by atoms with van der Waals surface area (Å²) in [7, 11) is 0. The fourth-order valence-corrected chi connectivity index (χ4v) is 2.19. The van der Waals surface area contributed by atoms with Gasteiger partial charge in [0.25, 0.3) is 5.91 Å². The van der Waals surface area contributed by atoms with E-state index in [1.54, 1.807) is 6.07 Å². The second-order valence-electron chi connectivity index (χ2n) is 5.56. The zero-order chi connectivity index (χ0) is 15.1. The number of aliphatic carboxylic acids is 1. The van der Waals surface area contributed by atoms with Gasteiger partial charge in [0.15, 0.2) is 0 Å². The molecule has 1 saturated carbocycles. The van der Waals surface area contributed by atoms with Gasteiger partial charge in [-0.15, -0.1) is 0 Å². The molecule has 0 saturated heterocycles. The summed E-state index contributed by atoms with van der Waals surface area (Å²) in [5.74, 6) is -0.167. The Hall–Kier alpha value is -1.85. The topological polar surface area (TPSA) is 92.4 Å². The number of hydrogen-bond donors (Lipinski definition) is 2. The SMILES string of the molecule is O=C(O)CCCCCCCNC(=O)c1cc(C2CC2)no1. The number of nitrogens with zero attached hydrogens (tertiary/aromatic N) is 1. The Morgan fingerprint density at radius 2 is 1.95 bits per heavy atom. The van der Waals surface area contributed by atoms with Crippen molar-refractivity contribution in [1.29, 1.82) is 0 Å². The third kappa shape index (κ3) is 5.57. The Morgan fingerprint density at radius 1 is 1.24 bits per heavy atom. The lowest BCUT2D eigenvalue weighted by Crippen LogP contribution is -2.23. The van der Waals surface area contributed by atoms with E-state index in [1.807, 2.05) is 0 Å². The van der Waals surface area contributed by atoms with Crippen LogP contribution in [0.2, 0.25) is 0 Å². The van der Waals surface area contributed by atoms with Crippen LogP contribution < -0.4 is 5.32 Å². The van der Waals surface area contributed by atoms with Crippen LogP contribution in [-0.4, -0.2) is 28.7 Å². The molecule has 0 aliphatic heterocycles. The first-order chi connectivity index (χ1) is 10.2. The van der Waals surface area contributed by atoms with Crippen LogP contribution in [0.1, 0.15) is 73.5 Å². The van der Waals surface area contributed by atoms with Gasteiger partial charge in [-0.3, -0.25) is 9.59 Å². The predicted molar refractivity (Wildman–Crippen MR) is 76.1 cm³/mol. The summed E-state index contributed by atoms with van der Waals surface area (Å²) in [5, 5.41) is 15.2. The van der Waals surface area contributed by atoms with Crippen LogP contribution in [0.5, 0.6) is 0 Å². The Bertz CT molecular complexity index is 480. The van der Waals surface area contributed by atoms with Crippen molar-refractivity contribution < 1.29 is 19.2 Å². The number of carboxylic acids is 1. The van der Waals surface area contributed by atoms with Crippen LogP contribution in [0, 0.1) is 0 Å². The minimum atomic E-state index is -0.736. The van der Waals surface area contributed by atoms with Gasteiger partial charge >= 0.3 is 5.97 Å². The van der Waals surface area contributed by atoms with Gasteiger partial charge in [0.2, 0.25) is 5.76 Å². The lowest BCUT2D eigenvalue weighted by Gasteiger charge is -2.02. The van der Waals surface area contributed by atoms with E-state index in [-0.39, 0.29) is 12.3 Å². The maximum Gasteiger partial charge on any atom is 0.303 e. The number of carboxylic acid groups (broad SMARTS) is 1. The smallest absolute Gasteiger partial charge is 0.303 e. The van der Waals surface area contributed by atoms with Gasteiger partial charge in [0.05, 0.1) is 5.69 Å². The highest BCUT2D eigenvalue weighted by Gasteiger charge is 2.28. The third-order valence-electron chi connectivity index (χ3n) is 3.60. The number of nitrogens with one attached hydrogen (secondary N) is 1. The van der Waals surface area contributed by atoms with E-state index in [9.17, 15) is 9.59 Å². The van der Waals surface area contributed by atoms with Crippen LogP contribution in [0.15, 0.2) is 10.6 Å². The highest BCUT2D eigenvalue weighted by molar-refractivity contribution is 5.91. The fraction of sp³-hybridized carbons (Fsp3) is 0.667. The highest BCUT2D eigenvalue weighted by atomic mass is 16.5. The Labute approximate surface area is 123 Å². The lowest BCUT2D eigenvalue weighted by molar-refractivity contribution is -0.137. The molecule has 1 aliphatic rings. The summed E-state index contributed by atoms with van der Waals surface area (Å²) < 4.78 is 5.04. The molecule has 1 fully saturated rings. The molecule has 1 aliphatic carbocycles. The van der Waals surface area contributed by atoms with Gasteiger partial charge in [-0.2, -0.15) is 0 Å². The first kappa shape index (κ1) is 15.5. The third-order valence-corrected chi connectivity index (χ3v) is 3.60. The van der Waals surface area contributed by atoms with Crippen molar-refractivity contribution >= 4 is 11.9 Å². The molecular weight excluding hydrogens is 272 g/mol. The van der Waals surface area contributed by atoms with Gasteiger partial charge in [0, 0.05) is 24.9 Å². The minimum absolute atomic E-state index is 0.208. The van der Waals surface area contributed by atoms with Crippen LogP contribution in [0.25, 0.3) is 0 Å². The van der Waals surface area contributed by atoms with Gasteiger partial charge in [-0.25, -0.2) is 0 Å². The zero-order valence-corrected chi connectivity index (χ0v) is 12.1. The van der Waals surface area contributed by atoms with Crippen molar-refractivity contribution in [2.24, 2.45) is 0 Å². The van der Waals surface area contributed by atoms with E-state index < -0.39 is 5.97 Å². The lowest BCUT2D eigenvalue weighted by atomic mass is 10.1. The molecule has 0 radical (unpaired) electrons. The molecule has 0 bridgehead atoms. The fourth-order valence-electron chi connectivity index (χ4n) is 2.19. The first-order valence-electron chi connectivity index (χ1n) is 7.63. The summed E-state index contributed by atoms with van der Waals surface area (Å²) in [4.78, 5) is 22.1. The normalized spacial score (nSPS) is 14.1. The van der Waals surface area contributed by atoms with Crippen LogP contribution in [0.4, 0.5) is 0 Å². The van der Waals surface area contributed by atoms with E-state index >= 15 is 0 Å². The van der Waals surface area contributed by atoms with E-state index in [4.69, 9.17) is 9.63 Å². The summed E-state index contributed by atoms with van der Waals surface area (Å²) in [6, 6.07) is 1.74. The largest absolute Gasteiger partial charge is 0.481 e. The molecule has 2 N–H and O–H groups in total. The molecule has 1 aromatic heterocycles. The van der Waals surface area contributed by atoms with Gasteiger partial charge in [-0.1, -0.05) is 24.4 Å². The van der Waals surface area contributed by atoms with Crippen molar-refractivity contribution in [3.8, 4) is 0 Å². The molecule has 6 heteroatoms. The maximum absolute atomic E-state index is 11.8. The number of unbranched alkanes of at least 4 members (excludes halogenated alkanes) is 4. The molecule has 116 valence electrons. The molecule has 0 aromatic carbocycles. The van der Waals surface area contributed by atoms with Gasteiger partial charge in [-0.05, 0) is 25.7 Å². The van der Waals surface area contributed by atoms with Gasteiger partial charge in [0.1, 0.15) is 0 Å². The minimum Gasteiger partial charge on any atom is -0.481 e. The average molecular weight is 294 g/mol. The van der Waals surface area contributed by atoms with E-state index in [2.05, 4.69) is 10.5 Å². The Kier molecular flexibility index (Phi) is 5.78. The number of amides is 1. The Morgan fingerprint density at radius 3 is 2.67 bits per heavy atom. The number of hydrogen-bond acceptors (Lipinski definition) is 4. The Balaban J connectivity index is 1.51. The molecule has 0 unspecified atom stereocenters. The molecule has 0 spiro atoms. The van der Waals surface area contributed by atoms with Crippen LogP contribution in [-0.2, 0) is 4.79 Å².